The Morgan fingerprint density at radius 3 is 2.68 bits per heavy atom. The van der Waals surface area contributed by atoms with Crippen LogP contribution in [0.2, 0.25) is 0 Å². The molecule has 0 aliphatic carbocycles. The van der Waals surface area contributed by atoms with Crippen LogP contribution in [0.1, 0.15) is 32.8 Å². The molecule has 25 heavy (non-hydrogen) atoms. The molecule has 2 N–H and O–H groups in total. The minimum atomic E-state index is -0.640. The fraction of sp³-hybridized carbons (Fsp3) is 0.650. The number of rotatable bonds is 5. The maximum absolute atomic E-state index is 12.1. The third-order valence-electron chi connectivity index (χ3n) is 4.40. The number of nitrogens with two attached hydrogens (primary N) is 1. The Hall–Kier alpha value is -1.43. The molecule has 5 nitrogen and oxygen atoms in total. The smallest absolute Gasteiger partial charge is 0.323 e. The van der Waals surface area contributed by atoms with Crippen molar-refractivity contribution < 1.29 is 19.0 Å². The first-order valence-electron chi connectivity index (χ1n) is 9.16. The highest BCUT2D eigenvalue weighted by Gasteiger charge is 2.33. The molecule has 0 spiro atoms. The molecule has 0 radical (unpaired) electrons. The maximum atomic E-state index is 12.1. The summed E-state index contributed by atoms with van der Waals surface area (Å²) in [6, 6.07) is 9.63. The second-order valence-electron chi connectivity index (χ2n) is 7.25. The van der Waals surface area contributed by atoms with Crippen LogP contribution < -0.4 is 5.73 Å². The molecule has 5 heteroatoms. The van der Waals surface area contributed by atoms with Gasteiger partial charge < -0.3 is 19.9 Å². The number of benzene rings is 1. The second-order valence-corrected chi connectivity index (χ2v) is 7.25. The minimum absolute atomic E-state index is 0.110. The van der Waals surface area contributed by atoms with Crippen LogP contribution in [0.15, 0.2) is 30.3 Å². The summed E-state index contributed by atoms with van der Waals surface area (Å²) in [4.78, 5) is 12.1. The molecule has 0 amide bonds. The minimum Gasteiger partial charge on any atom is -0.459 e. The monoisotopic (exact) mass is 349 g/mol. The molecule has 4 atom stereocenters. The van der Waals surface area contributed by atoms with Gasteiger partial charge >= 0.3 is 5.97 Å². The van der Waals surface area contributed by atoms with Gasteiger partial charge in [-0.2, -0.15) is 0 Å². The molecule has 1 aliphatic heterocycles. The van der Waals surface area contributed by atoms with E-state index >= 15 is 0 Å². The van der Waals surface area contributed by atoms with E-state index in [1.54, 1.807) is 0 Å². The number of carbonyl (C=O) groups is 1. The summed E-state index contributed by atoms with van der Waals surface area (Å²) in [5.74, 6) is 0.131. The standard InChI is InChI=1S/C20H31NO4/c1-14(2)12-24-19-15(3)25-20(22)18(21)9-10-23-13-17(19)11-16-7-5-4-6-8-16/h4-8,14-15,17-19H,9-13,21H2,1-3H3/t15-,17-,18-,19-/m0/s1. The topological polar surface area (TPSA) is 70.8 Å². The van der Waals surface area contributed by atoms with E-state index in [2.05, 4.69) is 26.0 Å². The molecule has 1 fully saturated rings. The summed E-state index contributed by atoms with van der Waals surface area (Å²) >= 11 is 0. The Bertz CT molecular complexity index is 520. The molecule has 2 rings (SSSR count). The molecule has 0 aromatic heterocycles. The zero-order valence-corrected chi connectivity index (χ0v) is 15.5. The molecule has 1 heterocycles. The zero-order valence-electron chi connectivity index (χ0n) is 15.5. The number of hydrogen-bond donors (Lipinski definition) is 1. The van der Waals surface area contributed by atoms with Gasteiger partial charge in [-0.1, -0.05) is 44.2 Å². The lowest BCUT2D eigenvalue weighted by atomic mass is 9.91. The first-order chi connectivity index (χ1) is 12.0. The van der Waals surface area contributed by atoms with Crippen LogP contribution in [0.25, 0.3) is 0 Å². The van der Waals surface area contributed by atoms with Gasteiger partial charge in [0.05, 0.1) is 12.7 Å². The molecular formula is C20H31NO4. The SMILES string of the molecule is CC(C)CO[C@@H]1[C@@H](Cc2ccccc2)COCC[C@H](N)C(=O)O[C@H]1C. The predicted octanol–water partition coefficient (Wildman–Crippen LogP) is 2.57. The first-order valence-corrected chi connectivity index (χ1v) is 9.16. The summed E-state index contributed by atoms with van der Waals surface area (Å²) in [6.07, 6.45) is 0.697. The Morgan fingerprint density at radius 2 is 2.00 bits per heavy atom. The van der Waals surface area contributed by atoms with E-state index in [1.165, 1.54) is 5.56 Å². The third-order valence-corrected chi connectivity index (χ3v) is 4.40. The average Bonchev–Trinajstić information content (AvgIpc) is 2.58. The van der Waals surface area contributed by atoms with Crippen LogP contribution >= 0.6 is 0 Å². The molecule has 1 saturated heterocycles. The largest absolute Gasteiger partial charge is 0.459 e. The summed E-state index contributed by atoms with van der Waals surface area (Å²) in [5.41, 5.74) is 7.08. The van der Waals surface area contributed by atoms with E-state index in [4.69, 9.17) is 19.9 Å². The van der Waals surface area contributed by atoms with Crippen LogP contribution in [0.5, 0.6) is 0 Å². The van der Waals surface area contributed by atoms with Crippen LogP contribution in [-0.4, -0.2) is 44.0 Å². The fourth-order valence-corrected chi connectivity index (χ4v) is 3.05. The van der Waals surface area contributed by atoms with Crippen molar-refractivity contribution in [3.63, 3.8) is 0 Å². The Morgan fingerprint density at radius 1 is 1.28 bits per heavy atom. The van der Waals surface area contributed by atoms with E-state index in [9.17, 15) is 4.79 Å². The summed E-state index contributed by atoms with van der Waals surface area (Å²) < 4.78 is 17.6. The van der Waals surface area contributed by atoms with Crippen molar-refractivity contribution in [2.75, 3.05) is 19.8 Å². The van der Waals surface area contributed by atoms with E-state index < -0.39 is 6.04 Å². The van der Waals surface area contributed by atoms with Gasteiger partial charge in [0.15, 0.2) is 0 Å². The van der Waals surface area contributed by atoms with E-state index in [0.29, 0.717) is 32.2 Å². The molecule has 1 aliphatic rings. The Balaban J connectivity index is 2.17. The molecule has 0 bridgehead atoms. The summed E-state index contributed by atoms with van der Waals surface area (Å²) in [7, 11) is 0. The lowest BCUT2D eigenvalue weighted by Crippen LogP contribution is -2.45. The molecule has 0 unspecified atom stereocenters. The zero-order chi connectivity index (χ0) is 18.2. The van der Waals surface area contributed by atoms with Crippen molar-refractivity contribution in [2.24, 2.45) is 17.6 Å². The van der Waals surface area contributed by atoms with Crippen molar-refractivity contribution in [2.45, 2.75) is 51.9 Å². The average molecular weight is 349 g/mol. The summed E-state index contributed by atoms with van der Waals surface area (Å²) in [6.45, 7) is 7.73. The number of cyclic esters (lactones) is 1. The van der Waals surface area contributed by atoms with Gasteiger partial charge in [0.2, 0.25) is 0 Å². The van der Waals surface area contributed by atoms with Crippen LogP contribution in [-0.2, 0) is 25.4 Å². The highest BCUT2D eigenvalue weighted by Crippen LogP contribution is 2.23. The van der Waals surface area contributed by atoms with Gasteiger partial charge in [-0.3, -0.25) is 4.79 Å². The Labute approximate surface area is 150 Å². The molecule has 1 aromatic carbocycles. The maximum Gasteiger partial charge on any atom is 0.323 e. The third kappa shape index (κ3) is 6.42. The van der Waals surface area contributed by atoms with Gasteiger partial charge in [-0.15, -0.1) is 0 Å². The number of carbonyl (C=O) groups excluding carboxylic acids is 1. The second kappa shape index (κ2) is 9.90. The molecule has 140 valence electrons. The molecule has 1 aromatic rings. The van der Waals surface area contributed by atoms with Crippen LogP contribution in [0.3, 0.4) is 0 Å². The van der Waals surface area contributed by atoms with E-state index in [0.717, 1.165) is 6.42 Å². The van der Waals surface area contributed by atoms with Crippen LogP contribution in [0.4, 0.5) is 0 Å². The van der Waals surface area contributed by atoms with Gasteiger partial charge in [-0.05, 0) is 31.2 Å². The van der Waals surface area contributed by atoms with Crippen LogP contribution in [0, 0.1) is 11.8 Å². The highest BCUT2D eigenvalue weighted by molar-refractivity contribution is 5.75. The molecular weight excluding hydrogens is 318 g/mol. The first kappa shape index (κ1) is 19.9. The predicted molar refractivity (Wildman–Crippen MR) is 97.2 cm³/mol. The normalized spacial score (nSPS) is 28.6. The number of hydrogen-bond acceptors (Lipinski definition) is 5. The highest BCUT2D eigenvalue weighted by atomic mass is 16.6. The van der Waals surface area contributed by atoms with E-state index in [-0.39, 0.29) is 24.1 Å². The lowest BCUT2D eigenvalue weighted by Gasteiger charge is -2.33. The van der Waals surface area contributed by atoms with Gasteiger partial charge in [0.25, 0.3) is 0 Å². The van der Waals surface area contributed by atoms with Gasteiger partial charge in [0, 0.05) is 19.1 Å². The van der Waals surface area contributed by atoms with Gasteiger partial charge in [0.1, 0.15) is 12.1 Å². The van der Waals surface area contributed by atoms with Crippen molar-refractivity contribution in [3.05, 3.63) is 35.9 Å². The fourth-order valence-electron chi connectivity index (χ4n) is 3.05. The lowest BCUT2D eigenvalue weighted by molar-refractivity contribution is -0.166. The van der Waals surface area contributed by atoms with Gasteiger partial charge in [-0.25, -0.2) is 0 Å². The quantitative estimate of drug-likeness (QED) is 0.827. The van der Waals surface area contributed by atoms with Crippen molar-refractivity contribution in [1.29, 1.82) is 0 Å². The summed E-state index contributed by atoms with van der Waals surface area (Å²) in [5, 5.41) is 0. The number of ether oxygens (including phenoxy) is 3. The van der Waals surface area contributed by atoms with Crippen molar-refractivity contribution in [1.82, 2.24) is 0 Å². The Kier molecular flexibility index (Phi) is 7.88. The van der Waals surface area contributed by atoms with E-state index in [1.807, 2.05) is 25.1 Å². The molecule has 0 saturated carbocycles. The number of esters is 1. The van der Waals surface area contributed by atoms with Crippen molar-refractivity contribution >= 4 is 5.97 Å². The van der Waals surface area contributed by atoms with Crippen molar-refractivity contribution in [3.8, 4) is 0 Å².